The monoisotopic (exact) mass is 418 g/mol. The van der Waals surface area contributed by atoms with E-state index < -0.39 is 5.82 Å². The van der Waals surface area contributed by atoms with Crippen molar-refractivity contribution >= 4 is 17.3 Å². The van der Waals surface area contributed by atoms with Crippen molar-refractivity contribution in [1.82, 2.24) is 24.4 Å². The second kappa shape index (κ2) is 7.26. The van der Waals surface area contributed by atoms with Crippen molar-refractivity contribution in [3.05, 3.63) is 60.1 Å². The Bertz CT molecular complexity index is 1290. The highest BCUT2D eigenvalue weighted by atomic mass is 32.2. The minimum Gasteiger partial charge on any atom is -0.266 e. The smallest absolute Gasteiger partial charge is 0.155 e. The number of pyridine rings is 2. The van der Waals surface area contributed by atoms with E-state index in [2.05, 4.69) is 39.8 Å². The van der Waals surface area contributed by atoms with Gasteiger partial charge in [-0.2, -0.15) is 15.5 Å². The average Bonchev–Trinajstić information content (AvgIpc) is 3.30. The third-order valence-electron chi connectivity index (χ3n) is 5.68. The predicted molar refractivity (Wildman–Crippen MR) is 112 cm³/mol. The number of fused-ring (bicyclic) bond motifs is 1. The van der Waals surface area contributed by atoms with Crippen LogP contribution in [0.25, 0.3) is 16.6 Å². The fraction of sp³-hybridized carbons (Fsp3) is 0.273. The van der Waals surface area contributed by atoms with Gasteiger partial charge in [-0.3, -0.25) is 4.68 Å². The van der Waals surface area contributed by atoms with Crippen molar-refractivity contribution < 1.29 is 4.39 Å². The lowest BCUT2D eigenvalue weighted by Crippen LogP contribution is -2.26. The van der Waals surface area contributed by atoms with Crippen LogP contribution in [0.5, 0.6) is 0 Å². The Labute approximate surface area is 177 Å². The van der Waals surface area contributed by atoms with Gasteiger partial charge in [-0.15, -0.1) is 0 Å². The molecule has 0 bridgehead atoms. The molecule has 5 rings (SSSR count). The first-order chi connectivity index (χ1) is 14.5. The SMILES string of the molecule is Cc1c(-c2cc(Sc3ncccc3F)c3c(C#N)cnn3c2)cnn1[C@H]1C[C@H](C)C1. The lowest BCUT2D eigenvalue weighted by molar-refractivity contribution is 0.197. The van der Waals surface area contributed by atoms with Crippen LogP contribution in [-0.4, -0.2) is 24.4 Å². The molecule has 0 radical (unpaired) electrons. The van der Waals surface area contributed by atoms with Crippen LogP contribution in [-0.2, 0) is 0 Å². The lowest BCUT2D eigenvalue weighted by atomic mass is 9.82. The molecule has 0 N–H and O–H groups in total. The Morgan fingerprint density at radius 3 is 2.83 bits per heavy atom. The third kappa shape index (κ3) is 3.06. The molecule has 1 aliphatic carbocycles. The summed E-state index contributed by atoms with van der Waals surface area (Å²) in [5.41, 5.74) is 4.11. The number of nitrogens with zero attached hydrogens (tertiary/aromatic N) is 6. The molecule has 4 aromatic heterocycles. The highest BCUT2D eigenvalue weighted by Crippen LogP contribution is 2.40. The minimum absolute atomic E-state index is 0.262. The Morgan fingerprint density at radius 2 is 2.10 bits per heavy atom. The summed E-state index contributed by atoms with van der Waals surface area (Å²) in [5.74, 6) is 0.343. The van der Waals surface area contributed by atoms with Gasteiger partial charge < -0.3 is 0 Å². The third-order valence-corrected chi connectivity index (χ3v) is 6.70. The van der Waals surface area contributed by atoms with Gasteiger partial charge in [-0.1, -0.05) is 18.7 Å². The fourth-order valence-electron chi connectivity index (χ4n) is 4.08. The zero-order valence-electron chi connectivity index (χ0n) is 16.6. The van der Waals surface area contributed by atoms with E-state index in [1.165, 1.54) is 24.0 Å². The van der Waals surface area contributed by atoms with Crippen LogP contribution < -0.4 is 0 Å². The van der Waals surface area contributed by atoms with Gasteiger partial charge in [0.2, 0.25) is 0 Å². The van der Waals surface area contributed by atoms with Crippen molar-refractivity contribution in [2.45, 2.75) is 42.7 Å². The molecular weight excluding hydrogens is 399 g/mol. The number of hydrogen-bond acceptors (Lipinski definition) is 5. The number of aromatic nitrogens is 5. The van der Waals surface area contributed by atoms with Crippen LogP contribution in [0, 0.1) is 30.0 Å². The van der Waals surface area contributed by atoms with Crippen LogP contribution in [0.15, 0.2) is 52.9 Å². The molecule has 0 unspecified atom stereocenters. The molecule has 1 aliphatic rings. The van der Waals surface area contributed by atoms with Crippen LogP contribution in [0.4, 0.5) is 4.39 Å². The molecule has 1 fully saturated rings. The van der Waals surface area contributed by atoms with E-state index >= 15 is 0 Å². The highest BCUT2D eigenvalue weighted by Gasteiger charge is 2.29. The van der Waals surface area contributed by atoms with E-state index in [0.29, 0.717) is 17.1 Å². The van der Waals surface area contributed by atoms with Crippen LogP contribution in [0.1, 0.15) is 37.1 Å². The second-order valence-corrected chi connectivity index (χ2v) is 8.80. The average molecular weight is 419 g/mol. The summed E-state index contributed by atoms with van der Waals surface area (Å²) in [6, 6.07) is 7.53. The largest absolute Gasteiger partial charge is 0.266 e. The summed E-state index contributed by atoms with van der Waals surface area (Å²) < 4.78 is 18.0. The van der Waals surface area contributed by atoms with Gasteiger partial charge in [-0.05, 0) is 43.9 Å². The van der Waals surface area contributed by atoms with Crippen molar-refractivity contribution in [2.75, 3.05) is 0 Å². The van der Waals surface area contributed by atoms with E-state index in [9.17, 15) is 9.65 Å². The number of halogens is 1. The molecule has 0 atom stereocenters. The van der Waals surface area contributed by atoms with Gasteiger partial charge in [-0.25, -0.2) is 13.9 Å². The van der Waals surface area contributed by atoms with Crippen molar-refractivity contribution in [3.63, 3.8) is 0 Å². The second-order valence-electron chi connectivity index (χ2n) is 7.77. The number of rotatable bonds is 4. The van der Waals surface area contributed by atoms with Crippen molar-refractivity contribution in [2.24, 2.45) is 5.92 Å². The molecule has 8 heteroatoms. The Kier molecular flexibility index (Phi) is 4.55. The molecule has 0 aromatic carbocycles. The summed E-state index contributed by atoms with van der Waals surface area (Å²) in [6.07, 6.45) is 9.15. The first kappa shape index (κ1) is 18.8. The Morgan fingerprint density at radius 1 is 1.27 bits per heavy atom. The Hall–Kier alpha value is -3.18. The van der Waals surface area contributed by atoms with Gasteiger partial charge in [0, 0.05) is 34.1 Å². The van der Waals surface area contributed by atoms with E-state index in [1.807, 2.05) is 18.5 Å². The standard InChI is InChI=1S/C22H19FN6S/c1-13-6-17(7-13)29-14(2)18(11-27-29)15-8-20(30-22-19(23)4-3-5-25-22)21-16(9-24)10-26-28(21)12-15/h3-5,8,10-13,17H,6-7H2,1-2H3/t13-,17-. The van der Waals surface area contributed by atoms with E-state index in [4.69, 9.17) is 0 Å². The maximum absolute atomic E-state index is 14.3. The maximum atomic E-state index is 14.3. The molecule has 0 spiro atoms. The molecular formula is C22H19FN6S. The molecule has 1 saturated carbocycles. The lowest BCUT2D eigenvalue weighted by Gasteiger charge is -2.33. The van der Waals surface area contributed by atoms with Crippen LogP contribution in [0.3, 0.4) is 0 Å². The maximum Gasteiger partial charge on any atom is 0.155 e. The quantitative estimate of drug-likeness (QED) is 0.465. The van der Waals surface area contributed by atoms with E-state index in [0.717, 1.165) is 40.5 Å². The van der Waals surface area contributed by atoms with Gasteiger partial charge in [0.25, 0.3) is 0 Å². The van der Waals surface area contributed by atoms with E-state index in [-0.39, 0.29) is 5.03 Å². The summed E-state index contributed by atoms with van der Waals surface area (Å²) in [4.78, 5) is 4.88. The van der Waals surface area contributed by atoms with Gasteiger partial charge >= 0.3 is 0 Å². The van der Waals surface area contributed by atoms with Gasteiger partial charge in [0.15, 0.2) is 5.82 Å². The first-order valence-corrected chi connectivity index (χ1v) is 10.6. The normalized spacial score (nSPS) is 18.3. The van der Waals surface area contributed by atoms with Crippen molar-refractivity contribution in [1.29, 1.82) is 5.26 Å². The molecule has 0 saturated heterocycles. The molecule has 4 heterocycles. The van der Waals surface area contributed by atoms with Gasteiger partial charge in [0.1, 0.15) is 11.1 Å². The predicted octanol–water partition coefficient (Wildman–Crippen LogP) is 5.03. The zero-order valence-corrected chi connectivity index (χ0v) is 17.4. The van der Waals surface area contributed by atoms with E-state index in [1.54, 1.807) is 16.8 Å². The molecule has 30 heavy (non-hydrogen) atoms. The summed E-state index contributed by atoms with van der Waals surface area (Å²) in [6.45, 7) is 4.33. The molecule has 0 aliphatic heterocycles. The molecule has 6 nitrogen and oxygen atoms in total. The molecule has 150 valence electrons. The van der Waals surface area contributed by atoms with Crippen molar-refractivity contribution in [3.8, 4) is 17.2 Å². The fourth-order valence-corrected chi connectivity index (χ4v) is 5.05. The van der Waals surface area contributed by atoms with Crippen LogP contribution >= 0.6 is 11.8 Å². The number of hydrogen-bond donors (Lipinski definition) is 0. The minimum atomic E-state index is -0.396. The molecule has 0 amide bonds. The van der Waals surface area contributed by atoms with Gasteiger partial charge in [0.05, 0.1) is 29.5 Å². The van der Waals surface area contributed by atoms with Crippen LogP contribution in [0.2, 0.25) is 0 Å². The highest BCUT2D eigenvalue weighted by molar-refractivity contribution is 7.99. The molecule has 4 aromatic rings. The first-order valence-electron chi connectivity index (χ1n) is 9.79. The number of nitriles is 1. The Balaban J connectivity index is 1.62. The topological polar surface area (TPSA) is 71.8 Å². The zero-order chi connectivity index (χ0) is 20.8. The summed E-state index contributed by atoms with van der Waals surface area (Å²) in [5, 5.41) is 18.7. The summed E-state index contributed by atoms with van der Waals surface area (Å²) in [7, 11) is 0. The summed E-state index contributed by atoms with van der Waals surface area (Å²) >= 11 is 1.20.